The van der Waals surface area contributed by atoms with Crippen LogP contribution >= 0.6 is 0 Å². The molecule has 5 heteroatoms. The van der Waals surface area contributed by atoms with Gasteiger partial charge in [-0.1, -0.05) is 5.92 Å². The molecule has 1 unspecified atom stereocenters. The van der Waals surface area contributed by atoms with Crippen LogP contribution in [-0.2, 0) is 14.9 Å². The average Bonchev–Trinajstić information content (AvgIpc) is 1.84. The molecule has 0 aliphatic rings. The van der Waals surface area contributed by atoms with Crippen molar-refractivity contribution in [3.05, 3.63) is 0 Å². The molecule has 70 valence electrons. The molecule has 0 aromatic rings. The molecule has 0 aromatic carbocycles. The molecule has 0 bridgehead atoms. The first-order chi connectivity index (χ1) is 5.49. The lowest BCUT2D eigenvalue weighted by Crippen LogP contribution is -2.22. The first-order valence-electron chi connectivity index (χ1n) is 3.48. The van der Waals surface area contributed by atoms with Gasteiger partial charge in [0.2, 0.25) is 0 Å². The van der Waals surface area contributed by atoms with E-state index in [9.17, 15) is 8.42 Å². The van der Waals surface area contributed by atoms with E-state index in [-0.39, 0.29) is 0 Å². The van der Waals surface area contributed by atoms with E-state index in [0.717, 1.165) is 0 Å². The third-order valence-corrected chi connectivity index (χ3v) is 1.76. The van der Waals surface area contributed by atoms with E-state index in [2.05, 4.69) is 11.8 Å². The number of hydrogen-bond donors (Lipinski definition) is 1. The van der Waals surface area contributed by atoms with Crippen LogP contribution in [0.2, 0.25) is 0 Å². The zero-order valence-electron chi connectivity index (χ0n) is 7.07. The summed E-state index contributed by atoms with van der Waals surface area (Å²) in [6, 6.07) is 0. The summed E-state index contributed by atoms with van der Waals surface area (Å²) in [6.45, 7) is 3.68. The van der Waals surface area contributed by atoms with Gasteiger partial charge in [0, 0.05) is 6.61 Å². The highest BCUT2D eigenvalue weighted by atomic mass is 32.2. The Morgan fingerprint density at radius 1 is 1.58 bits per heavy atom. The van der Waals surface area contributed by atoms with Crippen LogP contribution in [0.1, 0.15) is 13.8 Å². The molecule has 0 fully saturated rings. The van der Waals surface area contributed by atoms with Gasteiger partial charge in [-0.2, -0.15) is 8.42 Å². The molecule has 0 saturated carbocycles. The van der Waals surface area contributed by atoms with E-state index < -0.39 is 22.0 Å². The number of rotatable bonds is 4. The predicted molar refractivity (Wildman–Crippen MR) is 45.3 cm³/mol. The zero-order chi connectivity index (χ0) is 9.61. The monoisotopic (exact) mass is 192 g/mol. The Balaban J connectivity index is 4.20. The van der Waals surface area contributed by atoms with Gasteiger partial charge in [-0.15, -0.1) is 5.92 Å². The van der Waals surface area contributed by atoms with Crippen LogP contribution in [-0.4, -0.2) is 31.4 Å². The molecule has 0 saturated heterocycles. The van der Waals surface area contributed by atoms with Gasteiger partial charge < -0.3 is 4.74 Å². The number of ether oxygens (including phenoxy) is 1. The minimum atomic E-state index is -4.00. The molecule has 1 atom stereocenters. The summed E-state index contributed by atoms with van der Waals surface area (Å²) in [7, 11) is -4.00. The summed E-state index contributed by atoms with van der Waals surface area (Å²) in [5.41, 5.74) is 0. The molecule has 0 amide bonds. The smallest absolute Gasteiger partial charge is 0.268 e. The van der Waals surface area contributed by atoms with Gasteiger partial charge in [0.15, 0.2) is 0 Å². The first kappa shape index (κ1) is 11.4. The van der Waals surface area contributed by atoms with Gasteiger partial charge in [-0.3, -0.25) is 4.55 Å². The van der Waals surface area contributed by atoms with E-state index in [1.807, 2.05) is 0 Å². The molecule has 0 aromatic heterocycles. The van der Waals surface area contributed by atoms with Crippen LogP contribution in [0.5, 0.6) is 0 Å². The lowest BCUT2D eigenvalue weighted by Gasteiger charge is -2.07. The van der Waals surface area contributed by atoms with Gasteiger partial charge in [0.1, 0.15) is 11.9 Å². The number of hydrogen-bond acceptors (Lipinski definition) is 3. The van der Waals surface area contributed by atoms with Gasteiger partial charge in [-0.05, 0) is 13.8 Å². The Morgan fingerprint density at radius 3 is 2.50 bits per heavy atom. The topological polar surface area (TPSA) is 63.6 Å². The maximum absolute atomic E-state index is 10.4. The van der Waals surface area contributed by atoms with E-state index in [1.165, 1.54) is 0 Å². The van der Waals surface area contributed by atoms with Crippen molar-refractivity contribution in [2.45, 2.75) is 20.0 Å². The highest BCUT2D eigenvalue weighted by Gasteiger charge is 2.13. The lowest BCUT2D eigenvalue weighted by atomic mass is 10.4. The van der Waals surface area contributed by atoms with Crippen molar-refractivity contribution in [3.63, 3.8) is 0 Å². The summed E-state index contributed by atoms with van der Waals surface area (Å²) in [4.78, 5) is 0. The molecule has 0 rings (SSSR count). The fourth-order valence-corrected chi connectivity index (χ4v) is 1.25. The summed E-state index contributed by atoms with van der Waals surface area (Å²) < 4.78 is 34.2. The van der Waals surface area contributed by atoms with Crippen LogP contribution in [0.25, 0.3) is 0 Å². The highest BCUT2D eigenvalue weighted by molar-refractivity contribution is 7.85. The Labute approximate surface area is 72.7 Å². The summed E-state index contributed by atoms with van der Waals surface area (Å²) in [5, 5.41) is 0. The first-order valence-corrected chi connectivity index (χ1v) is 5.09. The van der Waals surface area contributed by atoms with Crippen LogP contribution in [0.3, 0.4) is 0 Å². The predicted octanol–water partition coefficient (Wildman–Crippen LogP) is 0.303. The Bertz CT molecular complexity index is 270. The molecular weight excluding hydrogens is 180 g/mol. The SMILES string of the molecule is CC#CC(CS(=O)(=O)O)OCC. The summed E-state index contributed by atoms with van der Waals surface area (Å²) in [5.74, 6) is 4.58. The molecule has 0 spiro atoms. The normalized spacial score (nSPS) is 13.2. The van der Waals surface area contributed by atoms with Gasteiger partial charge in [-0.25, -0.2) is 0 Å². The molecule has 0 heterocycles. The molecule has 0 aliphatic carbocycles. The van der Waals surface area contributed by atoms with Gasteiger partial charge in [0.25, 0.3) is 10.1 Å². The quantitative estimate of drug-likeness (QED) is 0.514. The van der Waals surface area contributed by atoms with Crippen LogP contribution in [0.4, 0.5) is 0 Å². The van der Waals surface area contributed by atoms with E-state index in [1.54, 1.807) is 13.8 Å². The third kappa shape index (κ3) is 6.16. The Hall–Kier alpha value is -0.570. The zero-order valence-corrected chi connectivity index (χ0v) is 7.89. The van der Waals surface area contributed by atoms with Crippen molar-refractivity contribution >= 4 is 10.1 Å². The van der Waals surface area contributed by atoms with Crippen molar-refractivity contribution in [2.24, 2.45) is 0 Å². The van der Waals surface area contributed by atoms with Crippen LogP contribution in [0, 0.1) is 11.8 Å². The minimum absolute atomic E-state index is 0.370. The maximum atomic E-state index is 10.4. The molecule has 1 N–H and O–H groups in total. The van der Waals surface area contributed by atoms with E-state index in [0.29, 0.717) is 6.61 Å². The van der Waals surface area contributed by atoms with Crippen LogP contribution in [0.15, 0.2) is 0 Å². The summed E-state index contributed by atoms with van der Waals surface area (Å²) >= 11 is 0. The Kier molecular flexibility index (Phi) is 4.90. The third-order valence-electron chi connectivity index (χ3n) is 1.04. The molecule has 12 heavy (non-hydrogen) atoms. The fraction of sp³-hybridized carbons (Fsp3) is 0.714. The minimum Gasteiger partial charge on any atom is -0.365 e. The molecule has 0 aliphatic heterocycles. The van der Waals surface area contributed by atoms with Crippen molar-refractivity contribution in [1.29, 1.82) is 0 Å². The van der Waals surface area contributed by atoms with E-state index >= 15 is 0 Å². The van der Waals surface area contributed by atoms with Crippen molar-refractivity contribution in [1.82, 2.24) is 0 Å². The molecule has 4 nitrogen and oxygen atoms in total. The molecular formula is C7H12O4S. The largest absolute Gasteiger partial charge is 0.365 e. The van der Waals surface area contributed by atoms with Crippen LogP contribution < -0.4 is 0 Å². The van der Waals surface area contributed by atoms with Crippen molar-refractivity contribution in [3.8, 4) is 11.8 Å². The second kappa shape index (κ2) is 5.14. The van der Waals surface area contributed by atoms with Crippen molar-refractivity contribution < 1.29 is 17.7 Å². The molecule has 0 radical (unpaired) electrons. The van der Waals surface area contributed by atoms with Gasteiger partial charge >= 0.3 is 0 Å². The second-order valence-corrected chi connectivity index (χ2v) is 3.58. The van der Waals surface area contributed by atoms with E-state index in [4.69, 9.17) is 9.29 Å². The lowest BCUT2D eigenvalue weighted by molar-refractivity contribution is 0.116. The second-order valence-electron chi connectivity index (χ2n) is 2.09. The maximum Gasteiger partial charge on any atom is 0.268 e. The fourth-order valence-electron chi connectivity index (χ4n) is 0.685. The highest BCUT2D eigenvalue weighted by Crippen LogP contribution is 1.95. The van der Waals surface area contributed by atoms with Gasteiger partial charge in [0.05, 0.1) is 0 Å². The van der Waals surface area contributed by atoms with Crippen molar-refractivity contribution in [2.75, 3.05) is 12.4 Å². The Morgan fingerprint density at radius 2 is 2.17 bits per heavy atom. The summed E-state index contributed by atoms with van der Waals surface area (Å²) in [6.07, 6.45) is -0.727. The standard InChI is InChI=1S/C7H12O4S/c1-3-5-7(11-4-2)6-12(8,9)10/h7H,4,6H2,1-2H3,(H,8,9,10). The average molecular weight is 192 g/mol.